The Morgan fingerprint density at radius 1 is 1.25 bits per heavy atom. The molecule has 0 saturated carbocycles. The number of amides is 1. The SMILES string of the molecule is CCSc1nnc(NC(=O)CCSc2ccccc2)s1. The summed E-state index contributed by atoms with van der Waals surface area (Å²) in [5.41, 5.74) is 0. The van der Waals surface area contributed by atoms with Gasteiger partial charge in [0.25, 0.3) is 0 Å². The van der Waals surface area contributed by atoms with E-state index in [1.165, 1.54) is 16.2 Å². The highest BCUT2D eigenvalue weighted by Crippen LogP contribution is 2.25. The Bertz CT molecular complexity index is 545. The first-order chi connectivity index (χ1) is 9.78. The minimum Gasteiger partial charge on any atom is -0.300 e. The fourth-order valence-electron chi connectivity index (χ4n) is 1.40. The van der Waals surface area contributed by atoms with Crippen LogP contribution in [0.15, 0.2) is 39.6 Å². The molecule has 1 heterocycles. The number of carbonyl (C=O) groups excluding carboxylic acids is 1. The molecule has 2 rings (SSSR count). The minimum atomic E-state index is -0.0161. The van der Waals surface area contributed by atoms with Crippen LogP contribution in [-0.4, -0.2) is 27.6 Å². The van der Waals surface area contributed by atoms with E-state index in [1.54, 1.807) is 23.5 Å². The number of hydrogen-bond acceptors (Lipinski definition) is 6. The van der Waals surface area contributed by atoms with Crippen LogP contribution < -0.4 is 5.32 Å². The maximum Gasteiger partial charge on any atom is 0.227 e. The molecule has 0 aliphatic heterocycles. The van der Waals surface area contributed by atoms with Crippen molar-refractivity contribution in [1.29, 1.82) is 0 Å². The molecule has 0 spiro atoms. The van der Waals surface area contributed by atoms with E-state index in [0.717, 1.165) is 15.8 Å². The van der Waals surface area contributed by atoms with E-state index < -0.39 is 0 Å². The number of benzene rings is 1. The lowest BCUT2D eigenvalue weighted by molar-refractivity contribution is -0.115. The van der Waals surface area contributed by atoms with Crippen molar-refractivity contribution in [1.82, 2.24) is 10.2 Å². The van der Waals surface area contributed by atoms with Crippen molar-refractivity contribution >= 4 is 45.9 Å². The van der Waals surface area contributed by atoms with Crippen LogP contribution in [0.4, 0.5) is 5.13 Å². The Morgan fingerprint density at radius 2 is 2.05 bits per heavy atom. The number of nitrogens with one attached hydrogen (secondary N) is 1. The number of anilines is 1. The van der Waals surface area contributed by atoms with Crippen LogP contribution in [0.3, 0.4) is 0 Å². The van der Waals surface area contributed by atoms with Crippen LogP contribution in [0.2, 0.25) is 0 Å². The summed E-state index contributed by atoms with van der Waals surface area (Å²) in [6.07, 6.45) is 0.468. The molecule has 1 amide bonds. The summed E-state index contributed by atoms with van der Waals surface area (Å²) in [6, 6.07) is 10.1. The average molecular weight is 325 g/mol. The molecule has 106 valence electrons. The Hall–Kier alpha value is -1.05. The molecule has 4 nitrogen and oxygen atoms in total. The summed E-state index contributed by atoms with van der Waals surface area (Å²) in [4.78, 5) is 13.0. The first-order valence-corrected chi connectivity index (χ1v) is 9.00. The summed E-state index contributed by atoms with van der Waals surface area (Å²) in [6.45, 7) is 2.06. The van der Waals surface area contributed by atoms with Crippen molar-refractivity contribution in [2.24, 2.45) is 0 Å². The normalized spacial score (nSPS) is 10.4. The first-order valence-electron chi connectivity index (χ1n) is 6.22. The molecule has 7 heteroatoms. The van der Waals surface area contributed by atoms with Crippen molar-refractivity contribution in [3.63, 3.8) is 0 Å². The van der Waals surface area contributed by atoms with Gasteiger partial charge < -0.3 is 5.32 Å². The lowest BCUT2D eigenvalue weighted by atomic mass is 10.4. The van der Waals surface area contributed by atoms with Crippen LogP contribution in [0.1, 0.15) is 13.3 Å². The lowest BCUT2D eigenvalue weighted by Gasteiger charge is -2.01. The summed E-state index contributed by atoms with van der Waals surface area (Å²) < 4.78 is 0.890. The van der Waals surface area contributed by atoms with Gasteiger partial charge in [-0.05, 0) is 17.9 Å². The Kier molecular flexibility index (Phi) is 6.35. The third-order valence-electron chi connectivity index (χ3n) is 2.26. The van der Waals surface area contributed by atoms with Gasteiger partial charge in [0.1, 0.15) is 0 Å². The van der Waals surface area contributed by atoms with Gasteiger partial charge in [-0.2, -0.15) is 0 Å². The molecule has 1 N–H and O–H groups in total. The van der Waals surface area contributed by atoms with Crippen molar-refractivity contribution in [3.05, 3.63) is 30.3 Å². The molecule has 0 fully saturated rings. The number of nitrogens with zero attached hydrogens (tertiary/aromatic N) is 2. The Balaban J connectivity index is 1.72. The summed E-state index contributed by atoms with van der Waals surface area (Å²) in [5, 5.41) is 11.3. The second-order valence-corrected chi connectivity index (χ2v) is 7.42. The van der Waals surface area contributed by atoms with E-state index in [-0.39, 0.29) is 5.91 Å². The van der Waals surface area contributed by atoms with Crippen LogP contribution >= 0.6 is 34.9 Å². The predicted molar refractivity (Wildman–Crippen MR) is 86.7 cm³/mol. The number of carbonyl (C=O) groups is 1. The second kappa shape index (κ2) is 8.28. The van der Waals surface area contributed by atoms with Gasteiger partial charge in [-0.25, -0.2) is 0 Å². The van der Waals surface area contributed by atoms with Gasteiger partial charge in [0.2, 0.25) is 11.0 Å². The van der Waals surface area contributed by atoms with Crippen LogP contribution in [-0.2, 0) is 4.79 Å². The Morgan fingerprint density at radius 3 is 2.80 bits per heavy atom. The van der Waals surface area contributed by atoms with E-state index in [0.29, 0.717) is 11.6 Å². The molecule has 1 aromatic heterocycles. The standard InChI is InChI=1S/C13H15N3OS3/c1-2-18-13-16-15-12(20-13)14-11(17)8-9-19-10-6-4-3-5-7-10/h3-7H,2,8-9H2,1H3,(H,14,15,17). The van der Waals surface area contributed by atoms with Gasteiger partial charge in [0.15, 0.2) is 4.34 Å². The van der Waals surface area contributed by atoms with Crippen molar-refractivity contribution in [2.75, 3.05) is 16.8 Å². The molecule has 0 bridgehead atoms. The molecule has 0 aliphatic carbocycles. The zero-order valence-corrected chi connectivity index (χ0v) is 13.5. The van der Waals surface area contributed by atoms with Crippen LogP contribution in [0, 0.1) is 0 Å². The maximum atomic E-state index is 11.8. The highest BCUT2D eigenvalue weighted by Gasteiger charge is 2.08. The molecule has 0 atom stereocenters. The first kappa shape index (κ1) is 15.3. The highest BCUT2D eigenvalue weighted by molar-refractivity contribution is 8.01. The number of hydrogen-bond donors (Lipinski definition) is 1. The molecule has 0 radical (unpaired) electrons. The highest BCUT2D eigenvalue weighted by atomic mass is 32.2. The number of thioether (sulfide) groups is 2. The summed E-state index contributed by atoms with van der Waals surface area (Å²) >= 11 is 4.72. The largest absolute Gasteiger partial charge is 0.300 e. The number of aromatic nitrogens is 2. The smallest absolute Gasteiger partial charge is 0.227 e. The van der Waals surface area contributed by atoms with Crippen molar-refractivity contribution < 1.29 is 4.79 Å². The molecular formula is C13H15N3OS3. The molecule has 1 aromatic carbocycles. The molecule has 0 saturated heterocycles. The summed E-state index contributed by atoms with van der Waals surface area (Å²) in [5.74, 6) is 1.69. The monoisotopic (exact) mass is 325 g/mol. The van der Waals surface area contributed by atoms with E-state index in [2.05, 4.69) is 22.4 Å². The Labute approximate surface area is 130 Å². The quantitative estimate of drug-likeness (QED) is 0.620. The number of rotatable bonds is 7. The van der Waals surface area contributed by atoms with Gasteiger partial charge in [0.05, 0.1) is 0 Å². The molecular weight excluding hydrogens is 310 g/mol. The third kappa shape index (κ3) is 5.15. The maximum absolute atomic E-state index is 11.8. The van der Waals surface area contributed by atoms with E-state index in [1.807, 2.05) is 30.3 Å². The average Bonchev–Trinajstić information content (AvgIpc) is 2.88. The van der Waals surface area contributed by atoms with Gasteiger partial charge >= 0.3 is 0 Å². The predicted octanol–water partition coefficient (Wildman–Crippen LogP) is 3.77. The minimum absolute atomic E-state index is 0.0161. The van der Waals surface area contributed by atoms with E-state index in [4.69, 9.17) is 0 Å². The van der Waals surface area contributed by atoms with E-state index >= 15 is 0 Å². The van der Waals surface area contributed by atoms with Crippen LogP contribution in [0.25, 0.3) is 0 Å². The fraction of sp³-hybridized carbons (Fsp3) is 0.308. The molecule has 2 aromatic rings. The van der Waals surface area contributed by atoms with Gasteiger partial charge in [-0.1, -0.05) is 48.2 Å². The van der Waals surface area contributed by atoms with E-state index in [9.17, 15) is 4.79 Å². The second-order valence-electron chi connectivity index (χ2n) is 3.77. The topological polar surface area (TPSA) is 54.9 Å². The molecule has 0 unspecified atom stereocenters. The summed E-state index contributed by atoms with van der Waals surface area (Å²) in [7, 11) is 0. The molecule has 0 aliphatic rings. The zero-order valence-electron chi connectivity index (χ0n) is 11.0. The zero-order chi connectivity index (χ0) is 14.2. The third-order valence-corrected chi connectivity index (χ3v) is 5.13. The lowest BCUT2D eigenvalue weighted by Crippen LogP contribution is -2.11. The molecule has 20 heavy (non-hydrogen) atoms. The van der Waals surface area contributed by atoms with Crippen molar-refractivity contribution in [2.45, 2.75) is 22.6 Å². The van der Waals surface area contributed by atoms with Gasteiger partial charge in [-0.15, -0.1) is 22.0 Å². The van der Waals surface area contributed by atoms with Crippen LogP contribution in [0.5, 0.6) is 0 Å². The van der Waals surface area contributed by atoms with Gasteiger partial charge in [-0.3, -0.25) is 4.79 Å². The van der Waals surface area contributed by atoms with Crippen molar-refractivity contribution in [3.8, 4) is 0 Å². The fourth-order valence-corrected chi connectivity index (χ4v) is 3.94. The van der Waals surface area contributed by atoms with Gasteiger partial charge in [0, 0.05) is 17.1 Å².